The lowest BCUT2D eigenvalue weighted by Gasteiger charge is -2.14. The van der Waals surface area contributed by atoms with E-state index in [9.17, 15) is 4.79 Å². The van der Waals surface area contributed by atoms with Gasteiger partial charge in [0.15, 0.2) is 0 Å². The third-order valence-corrected chi connectivity index (χ3v) is 4.47. The van der Waals surface area contributed by atoms with E-state index in [4.69, 9.17) is 28.2 Å². The third-order valence-electron chi connectivity index (χ3n) is 3.96. The highest BCUT2D eigenvalue weighted by Gasteiger charge is 2.14. The van der Waals surface area contributed by atoms with Crippen LogP contribution in [0.5, 0.6) is 0 Å². The second-order valence-electron chi connectivity index (χ2n) is 5.58. The maximum absolute atomic E-state index is 13.1. The summed E-state index contributed by atoms with van der Waals surface area (Å²) in [7, 11) is 0. The minimum absolute atomic E-state index is 0.127. The van der Waals surface area contributed by atoms with Crippen LogP contribution in [0.2, 0.25) is 10.0 Å². The Balaban J connectivity index is 2.09. The van der Waals surface area contributed by atoms with Crippen LogP contribution in [-0.4, -0.2) is 9.55 Å². The molecule has 0 aliphatic carbocycles. The average Bonchev–Trinajstić information content (AvgIpc) is 2.63. The van der Waals surface area contributed by atoms with E-state index in [0.717, 1.165) is 5.56 Å². The lowest BCUT2D eigenvalue weighted by atomic mass is 10.1. The highest BCUT2D eigenvalue weighted by molar-refractivity contribution is 6.30. The first-order chi connectivity index (χ1) is 12.1. The van der Waals surface area contributed by atoms with E-state index >= 15 is 0 Å². The Hall–Kier alpha value is -2.62. The SMILES string of the molecule is O=c1c2ccccc2nc(-c2ccc(Cl)cc2)n1-c1ccc(Cl)cc1. The Bertz CT molecular complexity index is 1120. The van der Waals surface area contributed by atoms with Crippen LogP contribution in [0.25, 0.3) is 28.0 Å². The van der Waals surface area contributed by atoms with Crippen molar-refractivity contribution in [3.8, 4) is 17.1 Å². The van der Waals surface area contributed by atoms with Crippen LogP contribution >= 0.6 is 23.2 Å². The fourth-order valence-electron chi connectivity index (χ4n) is 2.76. The van der Waals surface area contributed by atoms with Crippen molar-refractivity contribution < 1.29 is 0 Å². The zero-order valence-corrected chi connectivity index (χ0v) is 14.5. The standard InChI is InChI=1S/C20H12Cl2N2O/c21-14-7-5-13(6-8-14)19-23-18-4-2-1-3-17(18)20(25)24(19)16-11-9-15(22)10-12-16/h1-12H. The number of rotatable bonds is 2. The molecule has 25 heavy (non-hydrogen) atoms. The van der Waals surface area contributed by atoms with Crippen LogP contribution < -0.4 is 5.56 Å². The zero-order chi connectivity index (χ0) is 17.4. The second-order valence-corrected chi connectivity index (χ2v) is 6.45. The number of fused-ring (bicyclic) bond motifs is 1. The van der Waals surface area contributed by atoms with Crippen molar-refractivity contribution in [2.24, 2.45) is 0 Å². The quantitative estimate of drug-likeness (QED) is 0.478. The summed E-state index contributed by atoms with van der Waals surface area (Å²) in [5.41, 5.74) is 2.04. The van der Waals surface area contributed by atoms with E-state index in [1.165, 1.54) is 0 Å². The van der Waals surface area contributed by atoms with Crippen LogP contribution in [0.3, 0.4) is 0 Å². The summed E-state index contributed by atoms with van der Waals surface area (Å²) < 4.78 is 1.60. The number of aromatic nitrogens is 2. The molecule has 122 valence electrons. The average molecular weight is 367 g/mol. The summed E-state index contributed by atoms with van der Waals surface area (Å²) in [6.07, 6.45) is 0. The van der Waals surface area contributed by atoms with Gasteiger partial charge in [0.1, 0.15) is 5.82 Å². The molecule has 0 fully saturated rings. The molecule has 0 amide bonds. The highest BCUT2D eigenvalue weighted by Crippen LogP contribution is 2.24. The van der Waals surface area contributed by atoms with Crippen molar-refractivity contribution in [1.82, 2.24) is 9.55 Å². The van der Waals surface area contributed by atoms with Gasteiger partial charge in [0.25, 0.3) is 5.56 Å². The molecule has 1 heterocycles. The van der Waals surface area contributed by atoms with Crippen LogP contribution in [0.1, 0.15) is 0 Å². The van der Waals surface area contributed by atoms with E-state index < -0.39 is 0 Å². The monoisotopic (exact) mass is 366 g/mol. The van der Waals surface area contributed by atoms with Crippen LogP contribution in [0.15, 0.2) is 77.6 Å². The van der Waals surface area contributed by atoms with Gasteiger partial charge in [-0.1, -0.05) is 35.3 Å². The highest BCUT2D eigenvalue weighted by atomic mass is 35.5. The molecule has 0 atom stereocenters. The summed E-state index contributed by atoms with van der Waals surface area (Å²) in [5.74, 6) is 0.558. The molecule has 5 heteroatoms. The third kappa shape index (κ3) is 2.93. The van der Waals surface area contributed by atoms with E-state index in [-0.39, 0.29) is 5.56 Å². The summed E-state index contributed by atoms with van der Waals surface area (Å²) in [4.78, 5) is 17.9. The van der Waals surface area contributed by atoms with Crippen molar-refractivity contribution in [1.29, 1.82) is 0 Å². The van der Waals surface area contributed by atoms with Crippen molar-refractivity contribution in [2.75, 3.05) is 0 Å². The number of benzene rings is 3. The molecular formula is C20H12Cl2N2O. The lowest BCUT2D eigenvalue weighted by Crippen LogP contribution is -2.21. The van der Waals surface area contributed by atoms with Gasteiger partial charge in [-0.15, -0.1) is 0 Å². The Morgan fingerprint density at radius 2 is 1.36 bits per heavy atom. The molecule has 0 bridgehead atoms. The van der Waals surface area contributed by atoms with Gasteiger partial charge in [0, 0.05) is 15.6 Å². The summed E-state index contributed by atoms with van der Waals surface area (Å²) in [6.45, 7) is 0. The molecule has 3 nitrogen and oxygen atoms in total. The molecule has 0 radical (unpaired) electrons. The summed E-state index contributed by atoms with van der Waals surface area (Å²) >= 11 is 12.0. The van der Waals surface area contributed by atoms with Gasteiger partial charge in [-0.3, -0.25) is 9.36 Å². The number of hydrogen-bond acceptors (Lipinski definition) is 2. The predicted octanol–water partition coefficient (Wildman–Crippen LogP) is 5.36. The van der Waals surface area contributed by atoms with Crippen molar-refractivity contribution in [3.63, 3.8) is 0 Å². The maximum Gasteiger partial charge on any atom is 0.266 e. The zero-order valence-electron chi connectivity index (χ0n) is 13.0. The molecule has 0 saturated carbocycles. The first-order valence-electron chi connectivity index (χ1n) is 7.67. The van der Waals surface area contributed by atoms with E-state index in [0.29, 0.717) is 32.5 Å². The van der Waals surface area contributed by atoms with Gasteiger partial charge in [0.05, 0.1) is 16.6 Å². The first kappa shape index (κ1) is 15.9. The van der Waals surface area contributed by atoms with Gasteiger partial charge in [-0.25, -0.2) is 4.98 Å². The molecule has 0 unspecified atom stereocenters. The van der Waals surface area contributed by atoms with Crippen LogP contribution in [0, 0.1) is 0 Å². The summed E-state index contributed by atoms with van der Waals surface area (Å²) in [6, 6.07) is 21.7. The smallest absolute Gasteiger partial charge is 0.266 e. The predicted molar refractivity (Wildman–Crippen MR) is 103 cm³/mol. The second kappa shape index (κ2) is 6.36. The van der Waals surface area contributed by atoms with Crippen molar-refractivity contribution in [3.05, 3.63) is 93.2 Å². The molecule has 0 N–H and O–H groups in total. The molecule has 0 saturated heterocycles. The van der Waals surface area contributed by atoms with Gasteiger partial charge >= 0.3 is 0 Å². The Labute approximate surface area is 154 Å². The molecule has 0 aliphatic heterocycles. The minimum atomic E-state index is -0.127. The fraction of sp³-hybridized carbons (Fsp3) is 0. The molecular weight excluding hydrogens is 355 g/mol. The van der Waals surface area contributed by atoms with Gasteiger partial charge in [-0.05, 0) is 60.7 Å². The molecule has 0 aliphatic rings. The maximum atomic E-state index is 13.1. The largest absolute Gasteiger partial charge is 0.268 e. The van der Waals surface area contributed by atoms with Gasteiger partial charge in [-0.2, -0.15) is 0 Å². The van der Waals surface area contributed by atoms with Gasteiger partial charge < -0.3 is 0 Å². The minimum Gasteiger partial charge on any atom is -0.268 e. The van der Waals surface area contributed by atoms with E-state index in [1.54, 1.807) is 47.0 Å². The fourth-order valence-corrected chi connectivity index (χ4v) is 3.01. The molecule has 4 aromatic rings. The first-order valence-corrected chi connectivity index (χ1v) is 8.43. The Kier molecular flexibility index (Phi) is 4.04. The van der Waals surface area contributed by atoms with Crippen LogP contribution in [0.4, 0.5) is 0 Å². The number of para-hydroxylation sites is 1. The lowest BCUT2D eigenvalue weighted by molar-refractivity contribution is 0.976. The number of nitrogens with zero attached hydrogens (tertiary/aromatic N) is 2. The number of halogens is 2. The van der Waals surface area contributed by atoms with Crippen LogP contribution in [-0.2, 0) is 0 Å². The Morgan fingerprint density at radius 1 is 0.760 bits per heavy atom. The number of hydrogen-bond donors (Lipinski definition) is 0. The van der Waals surface area contributed by atoms with Crippen molar-refractivity contribution in [2.45, 2.75) is 0 Å². The molecule has 0 spiro atoms. The van der Waals surface area contributed by atoms with Crippen molar-refractivity contribution >= 4 is 34.1 Å². The molecule has 1 aromatic heterocycles. The molecule has 4 rings (SSSR count). The van der Waals surface area contributed by atoms with E-state index in [1.807, 2.05) is 30.3 Å². The van der Waals surface area contributed by atoms with Gasteiger partial charge in [0.2, 0.25) is 0 Å². The summed E-state index contributed by atoms with van der Waals surface area (Å²) in [5, 5.41) is 1.80. The molecule has 3 aromatic carbocycles. The van der Waals surface area contributed by atoms with E-state index in [2.05, 4.69) is 0 Å². The normalized spacial score (nSPS) is 11.0. The Morgan fingerprint density at radius 3 is 2.04 bits per heavy atom. The topological polar surface area (TPSA) is 34.9 Å².